The SMILES string of the molecule is COc1ccc2c(c1)CCN2C(=O)C1(S(C)(=O)=O)CCNCC1.Cl. The Bertz CT molecular complexity index is 730. The van der Waals surface area contributed by atoms with Crippen LogP contribution >= 0.6 is 12.4 Å². The van der Waals surface area contributed by atoms with E-state index in [9.17, 15) is 13.2 Å². The van der Waals surface area contributed by atoms with E-state index in [0.29, 0.717) is 32.5 Å². The number of piperidine rings is 1. The van der Waals surface area contributed by atoms with Crippen LogP contribution in [-0.4, -0.2) is 52.1 Å². The predicted molar refractivity (Wildman–Crippen MR) is 96.0 cm³/mol. The van der Waals surface area contributed by atoms with E-state index in [2.05, 4.69) is 5.32 Å². The lowest BCUT2D eigenvalue weighted by molar-refractivity contribution is -0.121. The van der Waals surface area contributed by atoms with Crippen molar-refractivity contribution in [3.63, 3.8) is 0 Å². The highest BCUT2D eigenvalue weighted by Gasteiger charge is 2.51. The summed E-state index contributed by atoms with van der Waals surface area (Å²) in [6.07, 6.45) is 2.55. The highest BCUT2D eigenvalue weighted by atomic mass is 35.5. The van der Waals surface area contributed by atoms with Gasteiger partial charge >= 0.3 is 0 Å². The molecule has 2 aliphatic rings. The van der Waals surface area contributed by atoms with Gasteiger partial charge < -0.3 is 15.0 Å². The van der Waals surface area contributed by atoms with Crippen molar-refractivity contribution in [3.8, 4) is 5.75 Å². The summed E-state index contributed by atoms with van der Waals surface area (Å²) in [5.74, 6) is 0.461. The summed E-state index contributed by atoms with van der Waals surface area (Å²) >= 11 is 0. The Hall–Kier alpha value is -1.31. The zero-order valence-electron chi connectivity index (χ0n) is 13.9. The van der Waals surface area contributed by atoms with Crippen LogP contribution in [0.5, 0.6) is 5.75 Å². The van der Waals surface area contributed by atoms with Crippen molar-refractivity contribution < 1.29 is 17.9 Å². The highest BCUT2D eigenvalue weighted by molar-refractivity contribution is 7.92. The molecule has 8 heteroatoms. The number of sulfone groups is 1. The van der Waals surface area contributed by atoms with E-state index in [1.165, 1.54) is 6.26 Å². The topological polar surface area (TPSA) is 75.7 Å². The average Bonchev–Trinajstić information content (AvgIpc) is 2.96. The zero-order valence-corrected chi connectivity index (χ0v) is 15.5. The van der Waals surface area contributed by atoms with Crippen molar-refractivity contribution in [1.82, 2.24) is 5.32 Å². The predicted octanol–water partition coefficient (Wildman–Crippen LogP) is 1.17. The van der Waals surface area contributed by atoms with Gasteiger partial charge in [-0.1, -0.05) is 0 Å². The van der Waals surface area contributed by atoms with Gasteiger partial charge in [0.2, 0.25) is 5.91 Å². The molecule has 24 heavy (non-hydrogen) atoms. The van der Waals surface area contributed by atoms with Gasteiger partial charge in [0.1, 0.15) is 5.75 Å². The lowest BCUT2D eigenvalue weighted by Crippen LogP contribution is -2.58. The molecule has 1 amide bonds. The molecule has 1 aromatic carbocycles. The summed E-state index contributed by atoms with van der Waals surface area (Å²) in [6, 6.07) is 5.56. The van der Waals surface area contributed by atoms with Gasteiger partial charge in [0.15, 0.2) is 14.6 Å². The number of carbonyl (C=O) groups is 1. The van der Waals surface area contributed by atoms with Gasteiger partial charge in [-0.3, -0.25) is 4.79 Å². The van der Waals surface area contributed by atoms with Crippen LogP contribution in [0.3, 0.4) is 0 Å². The molecule has 0 saturated carbocycles. The summed E-state index contributed by atoms with van der Waals surface area (Å²) < 4.78 is 28.8. The van der Waals surface area contributed by atoms with Crippen molar-refractivity contribution in [1.29, 1.82) is 0 Å². The summed E-state index contributed by atoms with van der Waals surface area (Å²) in [6.45, 7) is 1.61. The van der Waals surface area contributed by atoms with Gasteiger partial charge in [0.25, 0.3) is 0 Å². The van der Waals surface area contributed by atoms with Crippen LogP contribution in [0.1, 0.15) is 18.4 Å². The number of rotatable bonds is 3. The smallest absolute Gasteiger partial charge is 0.248 e. The Labute approximate surface area is 148 Å². The third kappa shape index (κ3) is 3.00. The fourth-order valence-electron chi connectivity index (χ4n) is 3.54. The van der Waals surface area contributed by atoms with E-state index in [4.69, 9.17) is 4.74 Å². The van der Waals surface area contributed by atoms with Gasteiger partial charge in [-0.05, 0) is 56.1 Å². The number of ether oxygens (including phenoxy) is 1. The number of methoxy groups -OCH3 is 1. The Morgan fingerprint density at radius 3 is 2.54 bits per heavy atom. The molecule has 0 atom stereocenters. The Morgan fingerprint density at radius 2 is 1.96 bits per heavy atom. The minimum Gasteiger partial charge on any atom is -0.497 e. The number of hydrogen-bond donors (Lipinski definition) is 1. The van der Waals surface area contributed by atoms with Crippen molar-refractivity contribution in [2.75, 3.05) is 37.9 Å². The van der Waals surface area contributed by atoms with Crippen LogP contribution in [0.15, 0.2) is 18.2 Å². The molecule has 0 aliphatic carbocycles. The van der Waals surface area contributed by atoms with Gasteiger partial charge in [-0.2, -0.15) is 0 Å². The van der Waals surface area contributed by atoms with Crippen LogP contribution in [0, 0.1) is 0 Å². The normalized spacial score (nSPS) is 19.3. The minimum absolute atomic E-state index is 0. The molecule has 2 heterocycles. The maximum atomic E-state index is 13.2. The number of anilines is 1. The van der Waals surface area contributed by atoms with Gasteiger partial charge in [-0.15, -0.1) is 12.4 Å². The van der Waals surface area contributed by atoms with Crippen molar-refractivity contribution in [2.45, 2.75) is 24.0 Å². The van der Waals surface area contributed by atoms with Crippen LogP contribution in [0.2, 0.25) is 0 Å². The molecule has 3 rings (SSSR count). The number of nitrogens with zero attached hydrogens (tertiary/aromatic N) is 1. The Kier molecular flexibility index (Phi) is 5.47. The summed E-state index contributed by atoms with van der Waals surface area (Å²) in [7, 11) is -1.89. The molecule has 2 aliphatic heterocycles. The summed E-state index contributed by atoms with van der Waals surface area (Å²) in [4.78, 5) is 14.8. The molecule has 6 nitrogen and oxygen atoms in total. The van der Waals surface area contributed by atoms with E-state index in [-0.39, 0.29) is 18.3 Å². The minimum atomic E-state index is -3.50. The molecule has 134 valence electrons. The average molecular weight is 375 g/mol. The molecule has 1 fully saturated rings. The molecular formula is C16H23ClN2O4S. The fraction of sp³-hybridized carbons (Fsp3) is 0.562. The Balaban J connectivity index is 0.00000208. The number of hydrogen-bond acceptors (Lipinski definition) is 5. The number of carbonyl (C=O) groups excluding carboxylic acids is 1. The standard InChI is InChI=1S/C16H22N2O4S.ClH/c1-22-13-3-4-14-12(11-13)5-10-18(14)15(19)16(23(2,20)21)6-8-17-9-7-16;/h3-4,11,17H,5-10H2,1-2H3;1H. The number of halogens is 1. The second-order valence-electron chi connectivity index (χ2n) is 6.22. The second kappa shape index (κ2) is 6.90. The first-order chi connectivity index (χ1) is 10.9. The van der Waals surface area contributed by atoms with Gasteiger partial charge in [0.05, 0.1) is 7.11 Å². The molecule has 0 unspecified atom stereocenters. The number of nitrogens with one attached hydrogen (secondary N) is 1. The maximum Gasteiger partial charge on any atom is 0.248 e. The molecule has 0 bridgehead atoms. The third-order valence-electron chi connectivity index (χ3n) is 4.94. The highest BCUT2D eigenvalue weighted by Crippen LogP contribution is 2.37. The van der Waals surface area contributed by atoms with Crippen molar-refractivity contribution in [2.24, 2.45) is 0 Å². The summed E-state index contributed by atoms with van der Waals surface area (Å²) in [5, 5.41) is 3.14. The quantitative estimate of drug-likeness (QED) is 0.859. The monoisotopic (exact) mass is 374 g/mol. The van der Waals surface area contributed by atoms with Crippen molar-refractivity contribution in [3.05, 3.63) is 23.8 Å². The molecule has 0 spiro atoms. The number of amides is 1. The zero-order chi connectivity index (χ0) is 16.7. The first-order valence-corrected chi connectivity index (χ1v) is 9.67. The van der Waals surface area contributed by atoms with Crippen molar-refractivity contribution >= 4 is 33.8 Å². The van der Waals surface area contributed by atoms with E-state index < -0.39 is 14.6 Å². The first kappa shape index (κ1) is 19.0. The largest absolute Gasteiger partial charge is 0.497 e. The molecule has 1 N–H and O–H groups in total. The maximum absolute atomic E-state index is 13.2. The van der Waals surface area contributed by atoms with E-state index in [1.807, 2.05) is 12.1 Å². The van der Waals surface area contributed by atoms with E-state index >= 15 is 0 Å². The van der Waals surface area contributed by atoms with Crippen LogP contribution in [-0.2, 0) is 21.1 Å². The molecule has 1 aromatic rings. The lowest BCUT2D eigenvalue weighted by Gasteiger charge is -2.37. The number of fused-ring (bicyclic) bond motifs is 1. The molecule has 0 radical (unpaired) electrons. The molecular weight excluding hydrogens is 352 g/mol. The Morgan fingerprint density at radius 1 is 1.29 bits per heavy atom. The molecule has 1 saturated heterocycles. The van der Waals surface area contributed by atoms with Gasteiger partial charge in [0, 0.05) is 18.5 Å². The molecule has 0 aromatic heterocycles. The van der Waals surface area contributed by atoms with E-state index in [0.717, 1.165) is 23.4 Å². The van der Waals surface area contributed by atoms with Gasteiger partial charge in [-0.25, -0.2) is 8.42 Å². The number of benzene rings is 1. The van der Waals surface area contributed by atoms with Crippen LogP contribution < -0.4 is 15.0 Å². The fourth-order valence-corrected chi connectivity index (χ4v) is 4.91. The second-order valence-corrected chi connectivity index (χ2v) is 8.54. The van der Waals surface area contributed by atoms with Crippen LogP contribution in [0.25, 0.3) is 0 Å². The van der Waals surface area contributed by atoms with E-state index in [1.54, 1.807) is 18.1 Å². The summed E-state index contributed by atoms with van der Waals surface area (Å²) in [5.41, 5.74) is 1.83. The first-order valence-electron chi connectivity index (χ1n) is 7.78. The third-order valence-corrected chi connectivity index (χ3v) is 6.94. The lowest BCUT2D eigenvalue weighted by atomic mass is 9.95. The van der Waals surface area contributed by atoms with Crippen LogP contribution in [0.4, 0.5) is 5.69 Å².